The lowest BCUT2D eigenvalue weighted by molar-refractivity contribution is -0.133. The number of carbonyl (C=O) groups excluding carboxylic acids is 3. The number of halogens is 2. The Morgan fingerprint density at radius 3 is 2.59 bits per heavy atom. The minimum Gasteiger partial charge on any atom is -0.346 e. The second-order valence-corrected chi connectivity index (χ2v) is 7.30. The van der Waals surface area contributed by atoms with Gasteiger partial charge in [0.1, 0.15) is 0 Å². The Morgan fingerprint density at radius 1 is 1.14 bits per heavy atom. The molecule has 0 aromatic heterocycles. The number of nitrogens with one attached hydrogen (secondary N) is 1. The Labute approximate surface area is 166 Å². The fraction of sp³-hybridized carbons (Fsp3) is 0.286. The number of para-hydroxylation sites is 1. The van der Waals surface area contributed by atoms with Crippen molar-refractivity contribution in [1.29, 1.82) is 0 Å². The van der Waals surface area contributed by atoms with Crippen LogP contribution in [0.2, 0.25) is 0 Å². The molecule has 0 radical (unpaired) electrons. The second kappa shape index (κ2) is 6.65. The summed E-state index contributed by atoms with van der Waals surface area (Å²) in [7, 11) is 1.49. The van der Waals surface area contributed by atoms with Gasteiger partial charge in [-0.25, -0.2) is 8.78 Å². The van der Waals surface area contributed by atoms with Gasteiger partial charge in [0.2, 0.25) is 11.6 Å². The van der Waals surface area contributed by atoms with Crippen LogP contribution in [0.25, 0.3) is 0 Å². The molecular formula is C21H19F2N3O3. The molecule has 2 heterocycles. The molecule has 3 amide bonds. The molecule has 6 nitrogen and oxygen atoms in total. The van der Waals surface area contributed by atoms with Crippen LogP contribution < -0.4 is 10.2 Å². The van der Waals surface area contributed by atoms with E-state index >= 15 is 0 Å². The van der Waals surface area contributed by atoms with E-state index in [-0.39, 0.29) is 24.7 Å². The number of hydrogen-bond acceptors (Lipinski definition) is 3. The Bertz CT molecular complexity index is 1040. The van der Waals surface area contributed by atoms with Gasteiger partial charge in [0.15, 0.2) is 11.6 Å². The lowest BCUT2D eigenvalue weighted by Crippen LogP contribution is -2.69. The predicted molar refractivity (Wildman–Crippen MR) is 101 cm³/mol. The molecule has 8 heteroatoms. The second-order valence-electron chi connectivity index (χ2n) is 7.30. The van der Waals surface area contributed by atoms with Gasteiger partial charge in [0, 0.05) is 19.9 Å². The molecule has 0 saturated carbocycles. The molecule has 1 saturated heterocycles. The third-order valence-electron chi connectivity index (χ3n) is 5.70. The highest BCUT2D eigenvalue weighted by Gasteiger charge is 2.59. The van der Waals surface area contributed by atoms with Crippen molar-refractivity contribution in [2.24, 2.45) is 0 Å². The predicted octanol–water partition coefficient (Wildman–Crippen LogP) is 2.75. The smallest absolute Gasteiger partial charge is 0.267 e. The summed E-state index contributed by atoms with van der Waals surface area (Å²) in [6.07, 6.45) is 0.248. The highest BCUT2D eigenvalue weighted by Crippen LogP contribution is 2.44. The van der Waals surface area contributed by atoms with E-state index in [2.05, 4.69) is 5.32 Å². The summed E-state index contributed by atoms with van der Waals surface area (Å²) in [6.45, 7) is 1.63. The normalized spacial score (nSPS) is 21.7. The van der Waals surface area contributed by atoms with Gasteiger partial charge < -0.3 is 10.2 Å². The van der Waals surface area contributed by atoms with Crippen LogP contribution >= 0.6 is 0 Å². The molecule has 0 spiro atoms. The van der Waals surface area contributed by atoms with Crippen molar-refractivity contribution in [1.82, 2.24) is 10.2 Å². The summed E-state index contributed by atoms with van der Waals surface area (Å²) in [4.78, 5) is 41.7. The van der Waals surface area contributed by atoms with Crippen LogP contribution in [0.4, 0.5) is 14.5 Å². The molecule has 2 aromatic carbocycles. The van der Waals surface area contributed by atoms with Crippen LogP contribution in [-0.4, -0.2) is 35.3 Å². The van der Waals surface area contributed by atoms with Gasteiger partial charge in [-0.3, -0.25) is 19.3 Å². The van der Waals surface area contributed by atoms with E-state index in [1.54, 1.807) is 31.2 Å². The van der Waals surface area contributed by atoms with Gasteiger partial charge in [0.05, 0.1) is 17.3 Å². The van der Waals surface area contributed by atoms with Gasteiger partial charge in [-0.15, -0.1) is 0 Å². The maximum absolute atomic E-state index is 13.6. The maximum atomic E-state index is 13.6. The molecule has 2 aliphatic rings. The first kappa shape index (κ1) is 19.0. The van der Waals surface area contributed by atoms with Crippen LogP contribution in [0.3, 0.4) is 0 Å². The zero-order chi connectivity index (χ0) is 20.9. The Hall–Kier alpha value is -3.29. The number of carbonyl (C=O) groups is 3. The topological polar surface area (TPSA) is 69.7 Å². The minimum absolute atomic E-state index is 0.110. The third kappa shape index (κ3) is 2.70. The highest BCUT2D eigenvalue weighted by atomic mass is 19.2. The average molecular weight is 399 g/mol. The van der Waals surface area contributed by atoms with Crippen molar-refractivity contribution in [2.75, 3.05) is 11.9 Å². The number of anilines is 1. The van der Waals surface area contributed by atoms with E-state index in [1.165, 1.54) is 22.9 Å². The first-order chi connectivity index (χ1) is 13.8. The van der Waals surface area contributed by atoms with Crippen molar-refractivity contribution in [3.05, 3.63) is 65.2 Å². The van der Waals surface area contributed by atoms with Gasteiger partial charge in [-0.1, -0.05) is 18.2 Å². The fourth-order valence-electron chi connectivity index (χ4n) is 4.11. The van der Waals surface area contributed by atoms with E-state index in [0.29, 0.717) is 16.8 Å². The van der Waals surface area contributed by atoms with Crippen molar-refractivity contribution in [2.45, 2.75) is 31.5 Å². The molecule has 150 valence electrons. The Morgan fingerprint density at radius 2 is 1.86 bits per heavy atom. The van der Waals surface area contributed by atoms with Crippen LogP contribution in [0, 0.1) is 11.6 Å². The summed E-state index contributed by atoms with van der Waals surface area (Å²) in [5.41, 5.74) is -0.388. The Balaban J connectivity index is 1.72. The van der Waals surface area contributed by atoms with E-state index in [0.717, 1.165) is 12.1 Å². The van der Waals surface area contributed by atoms with E-state index in [4.69, 9.17) is 0 Å². The molecular weight excluding hydrogens is 380 g/mol. The van der Waals surface area contributed by atoms with Gasteiger partial charge >= 0.3 is 0 Å². The van der Waals surface area contributed by atoms with E-state index < -0.39 is 29.2 Å². The van der Waals surface area contributed by atoms with Crippen molar-refractivity contribution in [3.63, 3.8) is 0 Å². The lowest BCUT2D eigenvalue weighted by Gasteiger charge is -2.47. The number of hydrogen-bond donors (Lipinski definition) is 1. The fourth-order valence-corrected chi connectivity index (χ4v) is 4.11. The first-order valence-electron chi connectivity index (χ1n) is 9.23. The van der Waals surface area contributed by atoms with Crippen LogP contribution in [0.5, 0.6) is 0 Å². The average Bonchev–Trinajstić information content (AvgIpc) is 3.06. The van der Waals surface area contributed by atoms with E-state index in [1.807, 2.05) is 0 Å². The Kier molecular flexibility index (Phi) is 4.37. The molecule has 2 atom stereocenters. The molecule has 4 rings (SSSR count). The van der Waals surface area contributed by atoms with Crippen molar-refractivity contribution < 1.29 is 23.2 Å². The largest absolute Gasteiger partial charge is 0.346 e. The summed E-state index contributed by atoms with van der Waals surface area (Å²) in [6, 6.07) is 9.38. The SMILES string of the molecule is C[C@H](NC(=O)[C@]12CCC(=O)N1c1ccccc1C(=O)N2C)c1ccc(F)c(F)c1. The van der Waals surface area contributed by atoms with Gasteiger partial charge in [0.25, 0.3) is 11.8 Å². The summed E-state index contributed by atoms with van der Waals surface area (Å²) < 4.78 is 26.8. The highest BCUT2D eigenvalue weighted by molar-refractivity contribution is 6.16. The number of rotatable bonds is 3. The standard InChI is InChI=1S/C21H19F2N3O3/c1-12(13-7-8-15(22)16(23)11-13)24-20(29)21-10-9-18(27)26(21)17-6-4-3-5-14(17)19(28)25(21)2/h3-8,11-12H,9-10H2,1-2H3,(H,24,29)/t12-,21-/m0/s1. The van der Waals surface area contributed by atoms with E-state index in [9.17, 15) is 23.2 Å². The summed E-state index contributed by atoms with van der Waals surface area (Å²) in [5, 5.41) is 2.76. The number of likely N-dealkylation sites (N-methyl/N-ethyl adjacent to an activating group) is 1. The molecule has 1 N–H and O–H groups in total. The maximum Gasteiger partial charge on any atom is 0.267 e. The summed E-state index contributed by atoms with van der Waals surface area (Å²) >= 11 is 0. The molecule has 2 aromatic rings. The molecule has 29 heavy (non-hydrogen) atoms. The van der Waals surface area contributed by atoms with Crippen molar-refractivity contribution in [3.8, 4) is 0 Å². The van der Waals surface area contributed by atoms with Crippen LogP contribution in [0.15, 0.2) is 42.5 Å². The number of fused-ring (bicyclic) bond motifs is 3. The quantitative estimate of drug-likeness (QED) is 0.863. The first-order valence-corrected chi connectivity index (χ1v) is 9.23. The number of amides is 3. The molecule has 0 unspecified atom stereocenters. The van der Waals surface area contributed by atoms with Crippen LogP contribution in [-0.2, 0) is 9.59 Å². The van der Waals surface area contributed by atoms with Crippen LogP contribution in [0.1, 0.15) is 41.7 Å². The van der Waals surface area contributed by atoms with Crippen molar-refractivity contribution >= 4 is 23.4 Å². The van der Waals surface area contributed by atoms with Gasteiger partial charge in [-0.05, 0) is 36.8 Å². The minimum atomic E-state index is -1.50. The molecule has 2 aliphatic heterocycles. The lowest BCUT2D eigenvalue weighted by atomic mass is 9.95. The molecule has 0 bridgehead atoms. The zero-order valence-corrected chi connectivity index (χ0v) is 15.9. The number of benzene rings is 2. The molecule has 1 fully saturated rings. The summed E-state index contributed by atoms with van der Waals surface area (Å²) in [5.74, 6) is -3.16. The molecule has 0 aliphatic carbocycles. The number of nitrogens with zero attached hydrogens (tertiary/aromatic N) is 2. The monoisotopic (exact) mass is 399 g/mol. The van der Waals surface area contributed by atoms with Gasteiger partial charge in [-0.2, -0.15) is 0 Å². The third-order valence-corrected chi connectivity index (χ3v) is 5.70. The zero-order valence-electron chi connectivity index (χ0n) is 15.9.